The maximum Gasteiger partial charge on any atom is 0.255 e. The molecule has 2 heterocycles. The highest BCUT2D eigenvalue weighted by Crippen LogP contribution is 2.32. The van der Waals surface area contributed by atoms with Crippen LogP contribution in [0.4, 0.5) is 5.69 Å². The fourth-order valence-electron chi connectivity index (χ4n) is 3.11. The lowest BCUT2D eigenvalue weighted by Gasteiger charge is -2.27. The van der Waals surface area contributed by atoms with Crippen molar-refractivity contribution >= 4 is 23.2 Å². The number of nitrogens with one attached hydrogen (secondary N) is 2. The van der Waals surface area contributed by atoms with Gasteiger partial charge in [-0.1, -0.05) is 54.1 Å². The lowest BCUT2D eigenvalue weighted by molar-refractivity contribution is 0.0935. The Hall–Kier alpha value is -2.79. The van der Waals surface area contributed by atoms with E-state index in [4.69, 9.17) is 11.6 Å². The van der Waals surface area contributed by atoms with E-state index >= 15 is 0 Å². The Kier molecular flexibility index (Phi) is 3.93. The smallest absolute Gasteiger partial charge is 0.255 e. The molecule has 0 bridgehead atoms. The van der Waals surface area contributed by atoms with Crippen LogP contribution in [0.25, 0.3) is 0 Å². The van der Waals surface area contributed by atoms with Crippen LogP contribution in [-0.4, -0.2) is 15.7 Å². The van der Waals surface area contributed by atoms with Crippen molar-refractivity contribution < 1.29 is 4.79 Å². The van der Waals surface area contributed by atoms with Gasteiger partial charge in [0, 0.05) is 5.69 Å². The summed E-state index contributed by atoms with van der Waals surface area (Å²) in [5, 5.41) is 11.4. The molecule has 1 unspecified atom stereocenters. The summed E-state index contributed by atoms with van der Waals surface area (Å²) < 4.78 is 1.76. The molecule has 1 atom stereocenters. The van der Waals surface area contributed by atoms with Crippen molar-refractivity contribution in [3.63, 3.8) is 0 Å². The standard InChI is InChI=1S/C19H17ClN4O/c1-12-16(17(20)24(23-12)11-13-7-3-2-4-8-13)18-21-15-10-6-5-9-14(15)19(25)22-18/h2-10,18,21H,11H2,1H3,(H,22,25). The van der Waals surface area contributed by atoms with Crippen molar-refractivity contribution in [2.24, 2.45) is 0 Å². The largest absolute Gasteiger partial charge is 0.361 e. The SMILES string of the molecule is Cc1nn(Cc2ccccc2)c(Cl)c1C1NC(=O)c2ccccc2N1. The Morgan fingerprint density at radius 2 is 1.80 bits per heavy atom. The van der Waals surface area contributed by atoms with Crippen molar-refractivity contribution in [2.75, 3.05) is 5.32 Å². The third-order valence-electron chi connectivity index (χ3n) is 4.32. The molecule has 25 heavy (non-hydrogen) atoms. The van der Waals surface area contributed by atoms with Crippen LogP contribution in [0.1, 0.15) is 33.3 Å². The first kappa shape index (κ1) is 15.7. The Balaban J connectivity index is 1.67. The predicted molar refractivity (Wildman–Crippen MR) is 97.8 cm³/mol. The average molecular weight is 353 g/mol. The van der Waals surface area contributed by atoms with Gasteiger partial charge < -0.3 is 10.6 Å². The Morgan fingerprint density at radius 1 is 1.08 bits per heavy atom. The number of aromatic nitrogens is 2. The third kappa shape index (κ3) is 2.87. The predicted octanol–water partition coefficient (Wildman–Crippen LogP) is 3.75. The molecule has 2 N–H and O–H groups in total. The molecule has 126 valence electrons. The molecule has 0 saturated carbocycles. The van der Waals surface area contributed by atoms with E-state index in [1.165, 1.54) is 0 Å². The lowest BCUT2D eigenvalue weighted by atomic mass is 10.1. The molecule has 1 amide bonds. The summed E-state index contributed by atoms with van der Waals surface area (Å²) >= 11 is 6.60. The van der Waals surface area contributed by atoms with E-state index in [1.54, 1.807) is 10.7 Å². The molecular weight excluding hydrogens is 336 g/mol. The third-order valence-corrected chi connectivity index (χ3v) is 4.72. The second-order valence-corrected chi connectivity index (χ2v) is 6.39. The molecule has 6 heteroatoms. The first-order valence-electron chi connectivity index (χ1n) is 8.06. The highest BCUT2D eigenvalue weighted by atomic mass is 35.5. The first-order valence-corrected chi connectivity index (χ1v) is 8.44. The van der Waals surface area contributed by atoms with Gasteiger partial charge in [0.05, 0.1) is 23.4 Å². The van der Waals surface area contributed by atoms with Gasteiger partial charge in [-0.05, 0) is 24.6 Å². The molecule has 0 aliphatic carbocycles. The summed E-state index contributed by atoms with van der Waals surface area (Å²) in [6.07, 6.45) is -0.403. The summed E-state index contributed by atoms with van der Waals surface area (Å²) in [5.74, 6) is -0.120. The summed E-state index contributed by atoms with van der Waals surface area (Å²) in [6.45, 7) is 2.48. The van der Waals surface area contributed by atoms with Crippen LogP contribution in [0.3, 0.4) is 0 Å². The van der Waals surface area contributed by atoms with Crippen molar-refractivity contribution in [3.8, 4) is 0 Å². The number of fused-ring (bicyclic) bond motifs is 1. The molecule has 0 spiro atoms. The summed E-state index contributed by atoms with van der Waals surface area (Å²) in [4.78, 5) is 12.4. The van der Waals surface area contributed by atoms with Gasteiger partial charge in [-0.2, -0.15) is 5.10 Å². The number of aryl methyl sites for hydroxylation is 1. The molecule has 3 aromatic rings. The van der Waals surface area contributed by atoms with E-state index in [1.807, 2.05) is 55.5 Å². The van der Waals surface area contributed by atoms with Crippen LogP contribution in [0.5, 0.6) is 0 Å². The monoisotopic (exact) mass is 352 g/mol. The normalized spacial score (nSPS) is 16.1. The van der Waals surface area contributed by atoms with Gasteiger partial charge in [0.1, 0.15) is 11.3 Å². The maximum atomic E-state index is 12.4. The van der Waals surface area contributed by atoms with E-state index in [0.29, 0.717) is 17.3 Å². The maximum absolute atomic E-state index is 12.4. The van der Waals surface area contributed by atoms with Gasteiger partial charge in [0.2, 0.25) is 0 Å². The van der Waals surface area contributed by atoms with Gasteiger partial charge >= 0.3 is 0 Å². The van der Waals surface area contributed by atoms with Crippen LogP contribution in [-0.2, 0) is 6.54 Å². The Morgan fingerprint density at radius 3 is 2.60 bits per heavy atom. The number of benzene rings is 2. The average Bonchev–Trinajstić information content (AvgIpc) is 2.89. The molecule has 1 aromatic heterocycles. The molecule has 2 aromatic carbocycles. The molecule has 5 nitrogen and oxygen atoms in total. The minimum absolute atomic E-state index is 0.120. The summed E-state index contributed by atoms with van der Waals surface area (Å²) in [6, 6.07) is 17.4. The van der Waals surface area contributed by atoms with Crippen molar-refractivity contribution in [2.45, 2.75) is 19.6 Å². The van der Waals surface area contributed by atoms with Gasteiger partial charge in [-0.3, -0.25) is 4.79 Å². The molecule has 4 rings (SSSR count). The molecule has 0 radical (unpaired) electrons. The number of carbonyl (C=O) groups is 1. The highest BCUT2D eigenvalue weighted by molar-refractivity contribution is 6.30. The second kappa shape index (κ2) is 6.26. The number of nitrogens with zero attached hydrogens (tertiary/aromatic N) is 2. The fraction of sp³-hybridized carbons (Fsp3) is 0.158. The number of rotatable bonds is 3. The highest BCUT2D eigenvalue weighted by Gasteiger charge is 2.29. The van der Waals surface area contributed by atoms with E-state index in [2.05, 4.69) is 15.7 Å². The van der Waals surface area contributed by atoms with Crippen molar-refractivity contribution in [1.29, 1.82) is 0 Å². The van der Waals surface area contributed by atoms with Crippen LogP contribution in [0.2, 0.25) is 5.15 Å². The van der Waals surface area contributed by atoms with Crippen LogP contribution in [0, 0.1) is 6.92 Å². The van der Waals surface area contributed by atoms with Gasteiger partial charge in [-0.15, -0.1) is 0 Å². The molecule has 0 fully saturated rings. The number of halogens is 1. The number of carbonyl (C=O) groups excluding carboxylic acids is 1. The minimum atomic E-state index is -0.403. The van der Waals surface area contributed by atoms with E-state index in [9.17, 15) is 4.79 Å². The van der Waals surface area contributed by atoms with Gasteiger partial charge in [-0.25, -0.2) is 4.68 Å². The number of anilines is 1. The fourth-order valence-corrected chi connectivity index (χ4v) is 3.45. The van der Waals surface area contributed by atoms with Crippen LogP contribution >= 0.6 is 11.6 Å². The number of para-hydroxylation sites is 1. The lowest BCUT2D eigenvalue weighted by Crippen LogP contribution is -2.38. The second-order valence-electron chi connectivity index (χ2n) is 6.03. The van der Waals surface area contributed by atoms with E-state index in [0.717, 1.165) is 22.5 Å². The van der Waals surface area contributed by atoms with Crippen LogP contribution in [0.15, 0.2) is 54.6 Å². The Labute approximate surface area is 150 Å². The first-order chi connectivity index (χ1) is 12.1. The van der Waals surface area contributed by atoms with E-state index in [-0.39, 0.29) is 5.91 Å². The van der Waals surface area contributed by atoms with Gasteiger partial charge in [0.25, 0.3) is 5.91 Å². The summed E-state index contributed by atoms with van der Waals surface area (Å²) in [7, 11) is 0. The number of hydrogen-bond acceptors (Lipinski definition) is 3. The zero-order valence-electron chi connectivity index (χ0n) is 13.7. The zero-order valence-corrected chi connectivity index (χ0v) is 14.4. The zero-order chi connectivity index (χ0) is 17.4. The van der Waals surface area contributed by atoms with Crippen molar-refractivity contribution in [1.82, 2.24) is 15.1 Å². The quantitative estimate of drug-likeness (QED) is 0.754. The molecule has 1 aliphatic heterocycles. The van der Waals surface area contributed by atoms with Crippen LogP contribution < -0.4 is 10.6 Å². The Bertz CT molecular complexity index is 936. The number of hydrogen-bond donors (Lipinski definition) is 2. The summed E-state index contributed by atoms with van der Waals surface area (Å²) in [5.41, 5.74) is 4.12. The van der Waals surface area contributed by atoms with Gasteiger partial charge in [0.15, 0.2) is 0 Å². The minimum Gasteiger partial charge on any atom is -0.361 e. The number of amides is 1. The topological polar surface area (TPSA) is 59.0 Å². The van der Waals surface area contributed by atoms with E-state index < -0.39 is 6.17 Å². The molecule has 1 aliphatic rings. The molecular formula is C19H17ClN4O. The molecule has 0 saturated heterocycles. The van der Waals surface area contributed by atoms with Crippen molar-refractivity contribution in [3.05, 3.63) is 82.1 Å².